The molecule has 0 saturated carbocycles. The summed E-state index contributed by atoms with van der Waals surface area (Å²) in [6, 6.07) is 14.6. The minimum atomic E-state index is -0.316. The van der Waals surface area contributed by atoms with Gasteiger partial charge in [0.15, 0.2) is 0 Å². The molecule has 0 bridgehead atoms. The Morgan fingerprint density at radius 1 is 1.15 bits per heavy atom. The number of carbonyl (C=O) groups excluding carboxylic acids is 1. The SMILES string of the molecule is O=C(/C=C/c1ccc(Cl)cc1Cl)Nc1nnc(CCOc2ccccc2)s1. The number of ether oxygens (including phenoxy) is 1. The molecule has 0 atom stereocenters. The Balaban J connectivity index is 1.49. The molecule has 3 rings (SSSR count). The van der Waals surface area contributed by atoms with Gasteiger partial charge in [-0.25, -0.2) is 0 Å². The summed E-state index contributed by atoms with van der Waals surface area (Å²) in [5, 5.41) is 12.9. The van der Waals surface area contributed by atoms with Crippen molar-refractivity contribution in [3.63, 3.8) is 0 Å². The third-order valence-electron chi connectivity index (χ3n) is 3.40. The molecule has 0 aliphatic rings. The Labute approximate surface area is 170 Å². The van der Waals surface area contributed by atoms with E-state index < -0.39 is 0 Å². The molecule has 138 valence electrons. The number of halogens is 2. The monoisotopic (exact) mass is 419 g/mol. The standard InChI is InChI=1S/C19H15Cl2N3O2S/c20-14-8-6-13(16(21)12-14)7-9-17(25)22-19-24-23-18(27-19)10-11-26-15-4-2-1-3-5-15/h1-9,12H,10-11H2,(H,22,24,25)/b9-7+. The molecule has 3 aromatic rings. The fourth-order valence-electron chi connectivity index (χ4n) is 2.13. The Kier molecular flexibility index (Phi) is 6.81. The Bertz CT molecular complexity index is 945. The summed E-state index contributed by atoms with van der Waals surface area (Å²) in [6.07, 6.45) is 3.61. The molecule has 0 radical (unpaired) electrons. The summed E-state index contributed by atoms with van der Waals surface area (Å²) in [7, 11) is 0. The van der Waals surface area contributed by atoms with Crippen LogP contribution in [0.2, 0.25) is 10.0 Å². The van der Waals surface area contributed by atoms with Crippen LogP contribution in [0, 0.1) is 0 Å². The number of benzene rings is 2. The van der Waals surface area contributed by atoms with Crippen LogP contribution < -0.4 is 10.1 Å². The summed E-state index contributed by atoms with van der Waals surface area (Å²) >= 11 is 13.2. The van der Waals surface area contributed by atoms with E-state index in [1.807, 2.05) is 30.3 Å². The first kappa shape index (κ1) is 19.4. The van der Waals surface area contributed by atoms with Crippen LogP contribution in [-0.2, 0) is 11.2 Å². The maximum absolute atomic E-state index is 12.0. The molecule has 8 heteroatoms. The summed E-state index contributed by atoms with van der Waals surface area (Å²) in [4.78, 5) is 12.0. The zero-order chi connectivity index (χ0) is 19.1. The van der Waals surface area contributed by atoms with Crippen LogP contribution in [0.3, 0.4) is 0 Å². The van der Waals surface area contributed by atoms with Crippen LogP contribution in [0.5, 0.6) is 5.75 Å². The van der Waals surface area contributed by atoms with Crippen molar-refractivity contribution < 1.29 is 9.53 Å². The van der Waals surface area contributed by atoms with Gasteiger partial charge in [-0.15, -0.1) is 10.2 Å². The highest BCUT2D eigenvalue weighted by molar-refractivity contribution is 7.15. The van der Waals surface area contributed by atoms with Gasteiger partial charge in [-0.2, -0.15) is 0 Å². The highest BCUT2D eigenvalue weighted by Crippen LogP contribution is 2.22. The van der Waals surface area contributed by atoms with Gasteiger partial charge in [-0.05, 0) is 35.9 Å². The molecule has 1 N–H and O–H groups in total. The smallest absolute Gasteiger partial charge is 0.250 e. The number of hydrogen-bond donors (Lipinski definition) is 1. The van der Waals surface area contributed by atoms with E-state index in [0.29, 0.717) is 33.8 Å². The molecule has 2 aromatic carbocycles. The Hall–Kier alpha value is -2.41. The van der Waals surface area contributed by atoms with Crippen molar-refractivity contribution in [3.8, 4) is 5.75 Å². The van der Waals surface area contributed by atoms with Crippen molar-refractivity contribution in [2.24, 2.45) is 0 Å². The van der Waals surface area contributed by atoms with Crippen LogP contribution in [0.15, 0.2) is 54.6 Å². The highest BCUT2D eigenvalue weighted by atomic mass is 35.5. The van der Waals surface area contributed by atoms with Crippen molar-refractivity contribution in [1.82, 2.24) is 10.2 Å². The van der Waals surface area contributed by atoms with Gasteiger partial charge in [0.25, 0.3) is 0 Å². The molecular weight excluding hydrogens is 405 g/mol. The first-order chi connectivity index (χ1) is 13.1. The van der Waals surface area contributed by atoms with E-state index in [0.717, 1.165) is 10.8 Å². The predicted octanol–water partition coefficient (Wildman–Crippen LogP) is 5.12. The van der Waals surface area contributed by atoms with Gasteiger partial charge in [0.1, 0.15) is 10.8 Å². The zero-order valence-electron chi connectivity index (χ0n) is 14.1. The van der Waals surface area contributed by atoms with Crippen LogP contribution >= 0.6 is 34.5 Å². The summed E-state index contributed by atoms with van der Waals surface area (Å²) in [5.74, 6) is 0.491. The lowest BCUT2D eigenvalue weighted by Gasteiger charge is -2.03. The molecule has 1 amide bonds. The molecule has 0 spiro atoms. The Morgan fingerprint density at radius 2 is 1.96 bits per heavy atom. The first-order valence-corrected chi connectivity index (χ1v) is 9.62. The van der Waals surface area contributed by atoms with Crippen LogP contribution in [0.1, 0.15) is 10.6 Å². The number of carbonyl (C=O) groups is 1. The maximum Gasteiger partial charge on any atom is 0.250 e. The molecule has 5 nitrogen and oxygen atoms in total. The quantitative estimate of drug-likeness (QED) is 0.539. The molecule has 1 heterocycles. The fraction of sp³-hybridized carbons (Fsp3) is 0.105. The third-order valence-corrected chi connectivity index (χ3v) is 4.86. The number of amides is 1. The second kappa shape index (κ2) is 9.50. The number of aromatic nitrogens is 2. The van der Waals surface area contributed by atoms with E-state index in [9.17, 15) is 4.79 Å². The molecule has 0 unspecified atom stereocenters. The molecule has 0 fully saturated rings. The maximum atomic E-state index is 12.0. The molecule has 0 saturated heterocycles. The predicted molar refractivity (Wildman–Crippen MR) is 110 cm³/mol. The average Bonchev–Trinajstić information content (AvgIpc) is 3.09. The number of anilines is 1. The topological polar surface area (TPSA) is 64.1 Å². The van der Waals surface area contributed by atoms with Crippen LogP contribution in [0.4, 0.5) is 5.13 Å². The minimum absolute atomic E-state index is 0.316. The van der Waals surface area contributed by atoms with Crippen molar-refractivity contribution in [1.29, 1.82) is 0 Å². The number of rotatable bonds is 7. The van der Waals surface area contributed by atoms with Gasteiger partial charge in [-0.1, -0.05) is 58.8 Å². The molecule has 0 aliphatic heterocycles. The van der Waals surface area contributed by atoms with Gasteiger partial charge in [0, 0.05) is 22.5 Å². The Morgan fingerprint density at radius 3 is 2.74 bits per heavy atom. The zero-order valence-corrected chi connectivity index (χ0v) is 16.4. The van der Waals surface area contributed by atoms with E-state index in [4.69, 9.17) is 27.9 Å². The lowest BCUT2D eigenvalue weighted by atomic mass is 10.2. The summed E-state index contributed by atoms with van der Waals surface area (Å²) in [6.45, 7) is 0.488. The van der Waals surface area contributed by atoms with Gasteiger partial charge >= 0.3 is 0 Å². The van der Waals surface area contributed by atoms with Crippen molar-refractivity contribution in [3.05, 3.63) is 75.2 Å². The lowest BCUT2D eigenvalue weighted by molar-refractivity contribution is -0.111. The summed E-state index contributed by atoms with van der Waals surface area (Å²) < 4.78 is 5.63. The van der Waals surface area contributed by atoms with Crippen molar-refractivity contribution in [2.75, 3.05) is 11.9 Å². The molecular formula is C19H15Cl2N3O2S. The first-order valence-electron chi connectivity index (χ1n) is 8.04. The van der Waals surface area contributed by atoms with E-state index in [2.05, 4.69) is 15.5 Å². The number of para-hydroxylation sites is 1. The van der Waals surface area contributed by atoms with Gasteiger partial charge < -0.3 is 4.74 Å². The van der Waals surface area contributed by atoms with Crippen LogP contribution in [-0.4, -0.2) is 22.7 Å². The fourth-order valence-corrected chi connectivity index (χ4v) is 3.32. The summed E-state index contributed by atoms with van der Waals surface area (Å²) in [5.41, 5.74) is 0.701. The van der Waals surface area contributed by atoms with Gasteiger partial charge in [0.2, 0.25) is 11.0 Å². The second-order valence-electron chi connectivity index (χ2n) is 5.40. The lowest BCUT2D eigenvalue weighted by Crippen LogP contribution is -2.07. The van der Waals surface area contributed by atoms with E-state index in [1.54, 1.807) is 24.3 Å². The van der Waals surface area contributed by atoms with Crippen molar-refractivity contribution in [2.45, 2.75) is 6.42 Å². The largest absolute Gasteiger partial charge is 0.493 e. The average molecular weight is 420 g/mol. The number of nitrogens with zero attached hydrogens (tertiary/aromatic N) is 2. The van der Waals surface area contributed by atoms with E-state index in [-0.39, 0.29) is 5.91 Å². The molecule has 0 aliphatic carbocycles. The van der Waals surface area contributed by atoms with E-state index >= 15 is 0 Å². The normalized spacial score (nSPS) is 10.9. The third kappa shape index (κ3) is 6.06. The van der Waals surface area contributed by atoms with Crippen LogP contribution in [0.25, 0.3) is 6.08 Å². The second-order valence-corrected chi connectivity index (χ2v) is 7.31. The highest BCUT2D eigenvalue weighted by Gasteiger charge is 2.07. The molecule has 27 heavy (non-hydrogen) atoms. The minimum Gasteiger partial charge on any atom is -0.493 e. The number of hydrogen-bond acceptors (Lipinski definition) is 5. The van der Waals surface area contributed by atoms with Crippen molar-refractivity contribution >= 4 is 51.7 Å². The van der Waals surface area contributed by atoms with Gasteiger partial charge in [-0.3, -0.25) is 10.1 Å². The van der Waals surface area contributed by atoms with Gasteiger partial charge in [0.05, 0.1) is 6.61 Å². The number of nitrogens with one attached hydrogen (secondary N) is 1. The molecule has 1 aromatic heterocycles. The van der Waals surface area contributed by atoms with E-state index in [1.165, 1.54) is 17.4 Å².